The molecule has 0 aliphatic rings. The van der Waals surface area contributed by atoms with Crippen molar-refractivity contribution in [2.45, 2.75) is 5.75 Å². The first-order valence-corrected chi connectivity index (χ1v) is 9.08. The topological polar surface area (TPSA) is 51.2 Å². The first-order chi connectivity index (χ1) is 9.85. The van der Waals surface area contributed by atoms with Gasteiger partial charge in [-0.15, -0.1) is 0 Å². The molecule has 0 aliphatic carbocycles. The standard InChI is InChI=1S/C15H12BrClO3S/c16-13-5-3-12(4-6-13)15(18)10-21(19,20)9-11-1-7-14(17)8-2-11/h1-8H,9-10H2. The lowest BCUT2D eigenvalue weighted by Gasteiger charge is -2.05. The van der Waals surface area contributed by atoms with Crippen LogP contribution in [0.2, 0.25) is 5.02 Å². The van der Waals surface area contributed by atoms with Crippen LogP contribution in [-0.4, -0.2) is 20.0 Å². The van der Waals surface area contributed by atoms with E-state index in [4.69, 9.17) is 11.6 Å². The van der Waals surface area contributed by atoms with Crippen molar-refractivity contribution in [1.29, 1.82) is 0 Å². The number of rotatable bonds is 5. The fraction of sp³-hybridized carbons (Fsp3) is 0.133. The Morgan fingerprint density at radius 3 is 2.14 bits per heavy atom. The number of benzene rings is 2. The van der Waals surface area contributed by atoms with Crippen molar-refractivity contribution >= 4 is 43.2 Å². The van der Waals surface area contributed by atoms with Gasteiger partial charge in [0.25, 0.3) is 0 Å². The second-order valence-corrected chi connectivity index (χ2v) is 8.01. The highest BCUT2D eigenvalue weighted by molar-refractivity contribution is 9.10. The van der Waals surface area contributed by atoms with Gasteiger partial charge in [0.15, 0.2) is 15.6 Å². The van der Waals surface area contributed by atoms with Gasteiger partial charge in [-0.2, -0.15) is 0 Å². The molecule has 2 aromatic carbocycles. The van der Waals surface area contributed by atoms with Crippen molar-refractivity contribution in [1.82, 2.24) is 0 Å². The van der Waals surface area contributed by atoms with Crippen LogP contribution < -0.4 is 0 Å². The van der Waals surface area contributed by atoms with Crippen LogP contribution in [0.5, 0.6) is 0 Å². The lowest BCUT2D eigenvalue weighted by molar-refractivity contribution is 0.102. The van der Waals surface area contributed by atoms with Gasteiger partial charge in [0.05, 0.1) is 5.75 Å². The summed E-state index contributed by atoms with van der Waals surface area (Å²) in [5, 5.41) is 0.544. The van der Waals surface area contributed by atoms with E-state index in [0.29, 0.717) is 16.1 Å². The summed E-state index contributed by atoms with van der Waals surface area (Å²) in [5.41, 5.74) is 1.00. The molecule has 0 saturated heterocycles. The zero-order valence-electron chi connectivity index (χ0n) is 10.9. The fourth-order valence-corrected chi connectivity index (χ4v) is 3.56. The van der Waals surface area contributed by atoms with E-state index in [0.717, 1.165) is 4.47 Å². The van der Waals surface area contributed by atoms with Gasteiger partial charge in [0.2, 0.25) is 0 Å². The Balaban J connectivity index is 2.08. The molecule has 2 rings (SSSR count). The van der Waals surface area contributed by atoms with Crippen molar-refractivity contribution in [3.8, 4) is 0 Å². The summed E-state index contributed by atoms with van der Waals surface area (Å²) in [4.78, 5) is 12.0. The van der Waals surface area contributed by atoms with Crippen LogP contribution in [0, 0.1) is 0 Å². The lowest BCUT2D eigenvalue weighted by Crippen LogP contribution is -2.17. The third-order valence-electron chi connectivity index (χ3n) is 2.82. The number of sulfone groups is 1. The number of carbonyl (C=O) groups excluding carboxylic acids is 1. The van der Waals surface area contributed by atoms with E-state index in [-0.39, 0.29) is 5.75 Å². The Kier molecular flexibility index (Phi) is 5.19. The number of hydrogen-bond donors (Lipinski definition) is 0. The highest BCUT2D eigenvalue weighted by atomic mass is 79.9. The van der Waals surface area contributed by atoms with Gasteiger partial charge in [-0.3, -0.25) is 4.79 Å². The summed E-state index contributed by atoms with van der Waals surface area (Å²) in [7, 11) is -3.51. The molecule has 2 aromatic rings. The van der Waals surface area contributed by atoms with Gasteiger partial charge in [0, 0.05) is 15.1 Å². The molecule has 0 saturated carbocycles. The quantitative estimate of drug-likeness (QED) is 0.731. The maximum absolute atomic E-state index is 12.1. The van der Waals surface area contributed by atoms with E-state index in [1.807, 2.05) is 0 Å². The molecule has 0 heterocycles. The monoisotopic (exact) mass is 386 g/mol. The maximum Gasteiger partial charge on any atom is 0.177 e. The largest absolute Gasteiger partial charge is 0.293 e. The summed E-state index contributed by atoms with van der Waals surface area (Å²) in [6.45, 7) is 0. The summed E-state index contributed by atoms with van der Waals surface area (Å²) >= 11 is 9.02. The minimum atomic E-state index is -3.51. The SMILES string of the molecule is O=C(CS(=O)(=O)Cc1ccc(Cl)cc1)c1ccc(Br)cc1. The summed E-state index contributed by atoms with van der Waals surface area (Å²) in [6, 6.07) is 13.2. The first kappa shape index (κ1) is 16.2. The molecule has 21 heavy (non-hydrogen) atoms. The van der Waals surface area contributed by atoms with Crippen LogP contribution in [0.15, 0.2) is 53.0 Å². The van der Waals surface area contributed by atoms with Crippen molar-refractivity contribution in [3.63, 3.8) is 0 Å². The van der Waals surface area contributed by atoms with Gasteiger partial charge in [0.1, 0.15) is 5.75 Å². The molecule has 0 radical (unpaired) electrons. The van der Waals surface area contributed by atoms with Crippen LogP contribution in [0.25, 0.3) is 0 Å². The van der Waals surface area contributed by atoms with E-state index >= 15 is 0 Å². The van der Waals surface area contributed by atoms with Crippen LogP contribution in [0.1, 0.15) is 15.9 Å². The van der Waals surface area contributed by atoms with Gasteiger partial charge >= 0.3 is 0 Å². The highest BCUT2D eigenvalue weighted by Crippen LogP contribution is 2.15. The predicted octanol–water partition coefficient (Wildman–Crippen LogP) is 3.90. The minimum Gasteiger partial charge on any atom is -0.293 e. The van der Waals surface area contributed by atoms with Crippen LogP contribution >= 0.6 is 27.5 Å². The molecule has 0 unspecified atom stereocenters. The molecule has 6 heteroatoms. The van der Waals surface area contributed by atoms with E-state index in [9.17, 15) is 13.2 Å². The zero-order chi connectivity index (χ0) is 15.5. The van der Waals surface area contributed by atoms with Crippen molar-refractivity contribution in [3.05, 3.63) is 69.2 Å². The van der Waals surface area contributed by atoms with Crippen LogP contribution in [-0.2, 0) is 15.6 Å². The Bertz CT molecular complexity index is 737. The summed E-state index contributed by atoms with van der Waals surface area (Å²) < 4.78 is 25.0. The van der Waals surface area contributed by atoms with E-state index in [1.165, 1.54) is 0 Å². The molecule has 0 bridgehead atoms. The molecule has 0 aliphatic heterocycles. The molecule has 0 aromatic heterocycles. The molecular formula is C15H12BrClO3S. The summed E-state index contributed by atoms with van der Waals surface area (Å²) in [5.74, 6) is -1.08. The highest BCUT2D eigenvalue weighted by Gasteiger charge is 2.18. The Morgan fingerprint density at radius 2 is 1.57 bits per heavy atom. The number of halogens is 2. The minimum absolute atomic E-state index is 0.174. The summed E-state index contributed by atoms with van der Waals surface area (Å²) in [6.07, 6.45) is 0. The Hall–Kier alpha value is -1.17. The molecule has 0 N–H and O–H groups in total. The van der Waals surface area contributed by atoms with Crippen molar-refractivity contribution in [2.24, 2.45) is 0 Å². The lowest BCUT2D eigenvalue weighted by atomic mass is 10.2. The molecule has 0 spiro atoms. The number of ketones is 1. The average Bonchev–Trinajstić information content (AvgIpc) is 2.41. The molecule has 0 amide bonds. The van der Waals surface area contributed by atoms with Crippen molar-refractivity contribution < 1.29 is 13.2 Å². The van der Waals surface area contributed by atoms with Gasteiger partial charge in [-0.05, 0) is 29.8 Å². The van der Waals surface area contributed by atoms with Crippen molar-refractivity contribution in [2.75, 3.05) is 5.75 Å². The average molecular weight is 388 g/mol. The number of Topliss-reactive ketones (excluding diaryl/α,β-unsaturated/α-hetero) is 1. The zero-order valence-corrected chi connectivity index (χ0v) is 14.1. The third-order valence-corrected chi connectivity index (χ3v) is 5.07. The number of hydrogen-bond acceptors (Lipinski definition) is 3. The second kappa shape index (κ2) is 6.73. The predicted molar refractivity (Wildman–Crippen MR) is 87.4 cm³/mol. The van der Waals surface area contributed by atoms with Crippen LogP contribution in [0.4, 0.5) is 0 Å². The first-order valence-electron chi connectivity index (χ1n) is 6.09. The molecule has 3 nitrogen and oxygen atoms in total. The van der Waals surface area contributed by atoms with Gasteiger partial charge in [-0.1, -0.05) is 51.8 Å². The molecule has 0 fully saturated rings. The smallest absolute Gasteiger partial charge is 0.177 e. The maximum atomic E-state index is 12.1. The Labute approximate surface area is 137 Å². The molecular weight excluding hydrogens is 376 g/mol. The van der Waals surface area contributed by atoms with Gasteiger partial charge < -0.3 is 0 Å². The molecule has 110 valence electrons. The Morgan fingerprint density at radius 1 is 1.00 bits per heavy atom. The van der Waals surface area contributed by atoms with Gasteiger partial charge in [-0.25, -0.2) is 8.42 Å². The second-order valence-electron chi connectivity index (χ2n) is 4.59. The van der Waals surface area contributed by atoms with E-state index in [2.05, 4.69) is 15.9 Å². The van der Waals surface area contributed by atoms with E-state index in [1.54, 1.807) is 48.5 Å². The third kappa shape index (κ3) is 4.95. The van der Waals surface area contributed by atoms with E-state index < -0.39 is 21.4 Å². The fourth-order valence-electron chi connectivity index (χ4n) is 1.80. The molecule has 0 atom stereocenters. The normalized spacial score (nSPS) is 11.3. The number of carbonyl (C=O) groups is 1. The van der Waals surface area contributed by atoms with Crippen LogP contribution in [0.3, 0.4) is 0 Å².